The maximum Gasteiger partial charge on any atom is 0.245 e. The van der Waals surface area contributed by atoms with Gasteiger partial charge in [-0.25, -0.2) is 9.37 Å². The molecule has 0 aromatic carbocycles. The number of amides is 1. The van der Waals surface area contributed by atoms with Crippen LogP contribution in [0, 0.1) is 5.82 Å². The van der Waals surface area contributed by atoms with Crippen molar-refractivity contribution in [2.45, 2.75) is 18.4 Å². The molecular weight excluding hydrogens is 225 g/mol. The average Bonchev–Trinajstić information content (AvgIpc) is 2.33. The minimum atomic E-state index is -0.922. The SMILES string of the molecule is NC1(C(=O)Nc2ccc(F)cn2)CCOCC1. The highest BCUT2D eigenvalue weighted by Crippen LogP contribution is 2.19. The van der Waals surface area contributed by atoms with E-state index in [1.807, 2.05) is 0 Å². The number of carbonyl (C=O) groups excluding carboxylic acids is 1. The van der Waals surface area contributed by atoms with Crippen molar-refractivity contribution in [1.29, 1.82) is 0 Å². The molecule has 17 heavy (non-hydrogen) atoms. The van der Waals surface area contributed by atoms with Crippen LogP contribution in [-0.2, 0) is 9.53 Å². The minimum absolute atomic E-state index is 0.299. The van der Waals surface area contributed by atoms with Crippen molar-refractivity contribution in [3.05, 3.63) is 24.1 Å². The van der Waals surface area contributed by atoms with Gasteiger partial charge in [0.15, 0.2) is 0 Å². The largest absolute Gasteiger partial charge is 0.381 e. The van der Waals surface area contributed by atoms with Crippen LogP contribution in [0.5, 0.6) is 0 Å². The molecule has 92 valence electrons. The Hall–Kier alpha value is -1.53. The second-order valence-corrected chi connectivity index (χ2v) is 4.08. The van der Waals surface area contributed by atoms with Gasteiger partial charge in [0.2, 0.25) is 5.91 Å². The third-order valence-electron chi connectivity index (χ3n) is 2.81. The molecule has 0 saturated carbocycles. The van der Waals surface area contributed by atoms with Gasteiger partial charge in [-0.2, -0.15) is 0 Å². The van der Waals surface area contributed by atoms with E-state index >= 15 is 0 Å². The summed E-state index contributed by atoms with van der Waals surface area (Å²) < 4.78 is 17.8. The zero-order valence-electron chi connectivity index (χ0n) is 9.28. The molecule has 1 aliphatic rings. The lowest BCUT2D eigenvalue weighted by atomic mass is 9.90. The van der Waals surface area contributed by atoms with Crippen molar-refractivity contribution in [3.8, 4) is 0 Å². The van der Waals surface area contributed by atoms with Gasteiger partial charge in [0, 0.05) is 13.2 Å². The van der Waals surface area contributed by atoms with Crippen LogP contribution in [0.4, 0.5) is 10.2 Å². The summed E-state index contributed by atoms with van der Waals surface area (Å²) in [6.07, 6.45) is 1.99. The lowest BCUT2D eigenvalue weighted by Gasteiger charge is -2.31. The number of halogens is 1. The number of nitrogens with zero attached hydrogens (tertiary/aromatic N) is 1. The zero-order valence-corrected chi connectivity index (χ0v) is 9.28. The average molecular weight is 239 g/mol. The van der Waals surface area contributed by atoms with Gasteiger partial charge < -0.3 is 15.8 Å². The van der Waals surface area contributed by atoms with Crippen LogP contribution in [-0.4, -0.2) is 29.6 Å². The van der Waals surface area contributed by atoms with E-state index in [1.54, 1.807) is 0 Å². The number of nitrogens with two attached hydrogens (primary N) is 1. The highest BCUT2D eigenvalue weighted by atomic mass is 19.1. The molecule has 6 heteroatoms. The van der Waals surface area contributed by atoms with Crippen LogP contribution < -0.4 is 11.1 Å². The molecule has 1 aromatic rings. The summed E-state index contributed by atoms with van der Waals surface area (Å²) >= 11 is 0. The number of pyridine rings is 1. The summed E-state index contributed by atoms with van der Waals surface area (Å²) in [6.45, 7) is 0.946. The molecule has 3 N–H and O–H groups in total. The molecule has 1 amide bonds. The molecule has 2 rings (SSSR count). The molecule has 0 atom stereocenters. The first-order valence-corrected chi connectivity index (χ1v) is 5.40. The van der Waals surface area contributed by atoms with Gasteiger partial charge in [0.05, 0.1) is 6.20 Å². The van der Waals surface area contributed by atoms with Crippen LogP contribution in [0.1, 0.15) is 12.8 Å². The summed E-state index contributed by atoms with van der Waals surface area (Å²) in [5, 5.41) is 2.58. The molecule has 2 heterocycles. The van der Waals surface area contributed by atoms with Crippen LogP contribution in [0.3, 0.4) is 0 Å². The number of carbonyl (C=O) groups is 1. The fraction of sp³-hybridized carbons (Fsp3) is 0.455. The van der Waals surface area contributed by atoms with Gasteiger partial charge in [-0.05, 0) is 25.0 Å². The lowest BCUT2D eigenvalue weighted by Crippen LogP contribution is -2.54. The predicted molar refractivity (Wildman–Crippen MR) is 59.8 cm³/mol. The third kappa shape index (κ3) is 2.78. The van der Waals surface area contributed by atoms with E-state index in [-0.39, 0.29) is 5.91 Å². The van der Waals surface area contributed by atoms with E-state index in [9.17, 15) is 9.18 Å². The Balaban J connectivity index is 2.03. The number of anilines is 1. The number of ether oxygens (including phenoxy) is 1. The highest BCUT2D eigenvalue weighted by molar-refractivity contribution is 5.97. The van der Waals surface area contributed by atoms with E-state index in [0.29, 0.717) is 31.9 Å². The quantitative estimate of drug-likeness (QED) is 0.795. The van der Waals surface area contributed by atoms with E-state index in [2.05, 4.69) is 10.3 Å². The van der Waals surface area contributed by atoms with E-state index in [1.165, 1.54) is 12.1 Å². The second-order valence-electron chi connectivity index (χ2n) is 4.08. The fourth-order valence-electron chi connectivity index (χ4n) is 1.65. The van der Waals surface area contributed by atoms with Crippen molar-refractivity contribution >= 4 is 11.7 Å². The first-order valence-electron chi connectivity index (χ1n) is 5.40. The van der Waals surface area contributed by atoms with E-state index in [4.69, 9.17) is 10.5 Å². The van der Waals surface area contributed by atoms with Crippen molar-refractivity contribution in [2.24, 2.45) is 5.73 Å². The normalized spacial score (nSPS) is 18.7. The van der Waals surface area contributed by atoms with E-state index in [0.717, 1.165) is 6.20 Å². The molecule has 0 spiro atoms. The van der Waals surface area contributed by atoms with Crippen LogP contribution >= 0.6 is 0 Å². The number of aromatic nitrogens is 1. The summed E-state index contributed by atoms with van der Waals surface area (Å²) in [4.78, 5) is 15.7. The Bertz CT molecular complexity index is 402. The highest BCUT2D eigenvalue weighted by Gasteiger charge is 2.36. The molecule has 0 bridgehead atoms. The number of nitrogens with one attached hydrogen (secondary N) is 1. The maximum atomic E-state index is 12.6. The zero-order chi connectivity index (χ0) is 12.3. The Labute approximate surface area is 98.2 Å². The molecule has 0 radical (unpaired) electrons. The molecule has 0 unspecified atom stereocenters. The Morgan fingerprint density at radius 3 is 2.76 bits per heavy atom. The van der Waals surface area contributed by atoms with Gasteiger partial charge in [-0.3, -0.25) is 4.79 Å². The molecule has 1 saturated heterocycles. The first kappa shape index (κ1) is 11.9. The topological polar surface area (TPSA) is 77.2 Å². The fourth-order valence-corrected chi connectivity index (χ4v) is 1.65. The standard InChI is InChI=1S/C11H14FN3O2/c12-8-1-2-9(14-7-8)15-10(16)11(13)3-5-17-6-4-11/h1-2,7H,3-6,13H2,(H,14,15,16). The summed E-state index contributed by atoms with van der Waals surface area (Å²) in [7, 11) is 0. The van der Waals surface area contributed by atoms with Crippen molar-refractivity contribution in [2.75, 3.05) is 18.5 Å². The van der Waals surface area contributed by atoms with E-state index < -0.39 is 11.4 Å². The van der Waals surface area contributed by atoms with Gasteiger partial charge in [0.1, 0.15) is 17.2 Å². The number of hydrogen-bond acceptors (Lipinski definition) is 4. The minimum Gasteiger partial charge on any atom is -0.381 e. The lowest BCUT2D eigenvalue weighted by molar-refractivity contribution is -0.124. The number of hydrogen-bond donors (Lipinski definition) is 2. The molecule has 1 aromatic heterocycles. The van der Waals surface area contributed by atoms with Gasteiger partial charge in [-0.15, -0.1) is 0 Å². The maximum absolute atomic E-state index is 12.6. The Morgan fingerprint density at radius 1 is 1.47 bits per heavy atom. The van der Waals surface area contributed by atoms with Crippen LogP contribution in [0.15, 0.2) is 18.3 Å². The van der Waals surface area contributed by atoms with Crippen molar-refractivity contribution < 1.29 is 13.9 Å². The molecule has 5 nitrogen and oxygen atoms in total. The molecule has 1 aliphatic heterocycles. The second kappa shape index (κ2) is 4.77. The molecule has 0 aliphatic carbocycles. The van der Waals surface area contributed by atoms with Gasteiger partial charge in [0.25, 0.3) is 0 Å². The summed E-state index contributed by atoms with van der Waals surface area (Å²) in [6, 6.07) is 2.63. The van der Waals surface area contributed by atoms with Crippen molar-refractivity contribution in [1.82, 2.24) is 4.98 Å². The van der Waals surface area contributed by atoms with Crippen molar-refractivity contribution in [3.63, 3.8) is 0 Å². The summed E-state index contributed by atoms with van der Waals surface area (Å²) in [5.74, 6) is -0.454. The third-order valence-corrected chi connectivity index (χ3v) is 2.81. The Morgan fingerprint density at radius 2 is 2.18 bits per heavy atom. The molecule has 1 fully saturated rings. The van der Waals surface area contributed by atoms with Gasteiger partial charge in [-0.1, -0.05) is 0 Å². The predicted octanol–water partition coefficient (Wildman–Crippen LogP) is 0.667. The number of rotatable bonds is 2. The Kier molecular flexibility index (Phi) is 3.35. The van der Waals surface area contributed by atoms with Gasteiger partial charge >= 0.3 is 0 Å². The first-order chi connectivity index (χ1) is 8.10. The monoisotopic (exact) mass is 239 g/mol. The smallest absolute Gasteiger partial charge is 0.245 e. The molecular formula is C11H14FN3O2. The van der Waals surface area contributed by atoms with Crippen LogP contribution in [0.25, 0.3) is 0 Å². The summed E-state index contributed by atoms with van der Waals surface area (Å²) in [5.41, 5.74) is 5.06. The van der Waals surface area contributed by atoms with Crippen LogP contribution in [0.2, 0.25) is 0 Å².